The predicted molar refractivity (Wildman–Crippen MR) is 118 cm³/mol. The normalized spacial score (nSPS) is 10.9. The molecule has 2 heteroatoms. The molecule has 0 bridgehead atoms. The quantitative estimate of drug-likeness (QED) is 0.493. The Labute approximate surface area is 165 Å². The highest BCUT2D eigenvalue weighted by molar-refractivity contribution is 5.90. The topological polar surface area (TPSA) is 29.5 Å². The first-order valence-electron chi connectivity index (χ1n) is 9.10. The molecule has 1 unspecified atom stereocenters. The molecule has 0 aliphatic heterocycles. The maximum Gasteiger partial charge on any atom is 0.127 e. The lowest BCUT2D eigenvalue weighted by Crippen LogP contribution is -2.12. The number of terminal acetylenes is 2. The fourth-order valence-corrected chi connectivity index (χ4v) is 1.79. The Bertz CT molecular complexity index is 839. The molecule has 0 aliphatic carbocycles. The Morgan fingerprint density at radius 1 is 1.15 bits per heavy atom. The summed E-state index contributed by atoms with van der Waals surface area (Å²) in [6.07, 6.45) is 10.3. The van der Waals surface area contributed by atoms with E-state index in [9.17, 15) is 5.11 Å². The van der Waals surface area contributed by atoms with E-state index >= 15 is 0 Å². The summed E-state index contributed by atoms with van der Waals surface area (Å²) in [6.45, 7) is 17.7. The highest BCUT2D eigenvalue weighted by Crippen LogP contribution is 2.31. The first-order valence-corrected chi connectivity index (χ1v) is 9.10. The van der Waals surface area contributed by atoms with E-state index in [1.54, 1.807) is 12.1 Å². The number of ether oxygens (including phenoxy) is 1. The van der Waals surface area contributed by atoms with E-state index in [0.717, 1.165) is 21.9 Å². The summed E-state index contributed by atoms with van der Waals surface area (Å²) in [5.74, 6) is 5.98. The molecule has 2 nitrogen and oxygen atoms in total. The van der Waals surface area contributed by atoms with E-state index in [-0.39, 0.29) is 17.3 Å². The number of aromatic hydroxyl groups is 1. The minimum Gasteiger partial charge on any atom is -0.507 e. The van der Waals surface area contributed by atoms with Crippen molar-refractivity contribution in [3.05, 3.63) is 48.0 Å². The Hall–Kier alpha value is -2.84. The van der Waals surface area contributed by atoms with Gasteiger partial charge >= 0.3 is 0 Å². The molecule has 0 saturated heterocycles. The highest BCUT2D eigenvalue weighted by Gasteiger charge is 2.08. The third-order valence-electron chi connectivity index (χ3n) is 3.51. The number of phenolic OH excluding ortho intramolecular Hbond substituents is 1. The minimum absolute atomic E-state index is 0.0694. The predicted octanol–water partition coefficient (Wildman–Crippen LogP) is 6.56. The zero-order valence-electron chi connectivity index (χ0n) is 17.7. The molecule has 1 N–H and O–H groups in total. The van der Waals surface area contributed by atoms with Gasteiger partial charge in [0.05, 0.1) is 0 Å². The molecular weight excluding hydrogens is 332 g/mol. The summed E-state index contributed by atoms with van der Waals surface area (Å²) in [5.41, 5.74) is 1.77. The molecule has 0 aliphatic rings. The highest BCUT2D eigenvalue weighted by atomic mass is 16.5. The second-order valence-electron chi connectivity index (χ2n) is 7.02. The summed E-state index contributed by atoms with van der Waals surface area (Å²) in [5, 5.41) is 11.6. The van der Waals surface area contributed by atoms with Crippen LogP contribution in [0.4, 0.5) is 0 Å². The van der Waals surface area contributed by atoms with Gasteiger partial charge in [-0.1, -0.05) is 26.3 Å². The van der Waals surface area contributed by atoms with Gasteiger partial charge in [-0.2, -0.15) is 0 Å². The van der Waals surface area contributed by atoms with Crippen molar-refractivity contribution < 1.29 is 9.84 Å². The molecule has 0 aromatic heterocycles. The van der Waals surface area contributed by atoms with Gasteiger partial charge in [-0.15, -0.1) is 18.8 Å². The number of benzene rings is 2. The third-order valence-corrected chi connectivity index (χ3v) is 3.51. The van der Waals surface area contributed by atoms with Crippen LogP contribution in [0.15, 0.2) is 42.5 Å². The zero-order valence-corrected chi connectivity index (χ0v) is 17.7. The molecule has 27 heavy (non-hydrogen) atoms. The first-order chi connectivity index (χ1) is 12.6. The van der Waals surface area contributed by atoms with Gasteiger partial charge in [-0.3, -0.25) is 0 Å². The maximum absolute atomic E-state index is 10.0. The second-order valence-corrected chi connectivity index (χ2v) is 7.02. The lowest BCUT2D eigenvalue weighted by Gasteiger charge is -2.15. The Kier molecular flexibility index (Phi) is 9.84. The number of hydrogen-bond acceptors (Lipinski definition) is 2. The first kappa shape index (κ1) is 24.2. The molecule has 0 radical (unpaired) electrons. The molecular formula is C25H32O2. The fraction of sp³-hybridized carbons (Fsp3) is 0.360. The molecule has 2 aromatic carbocycles. The number of fused-ring (bicyclic) bond motifs is 1. The van der Waals surface area contributed by atoms with Crippen LogP contribution in [0.3, 0.4) is 0 Å². The molecule has 1 atom stereocenters. The van der Waals surface area contributed by atoms with Gasteiger partial charge in [-0.05, 0) is 69.8 Å². The van der Waals surface area contributed by atoms with E-state index in [0.29, 0.717) is 5.75 Å². The summed E-state index contributed by atoms with van der Waals surface area (Å²) in [6, 6.07) is 8.95. The SMILES string of the molecule is C#CC(C)(C)C.C#Cc1ccc2c(O)cc(OC(C)C(=C)C)cc2c1.CC. The summed E-state index contributed by atoms with van der Waals surface area (Å²) in [4.78, 5) is 0. The van der Waals surface area contributed by atoms with Crippen molar-refractivity contribution in [3.8, 4) is 36.2 Å². The third kappa shape index (κ3) is 8.39. The molecule has 2 rings (SSSR count). The number of rotatable bonds is 3. The monoisotopic (exact) mass is 364 g/mol. The molecule has 0 amide bonds. The Balaban J connectivity index is 0.000000722. The summed E-state index contributed by atoms with van der Waals surface area (Å²) in [7, 11) is 0. The largest absolute Gasteiger partial charge is 0.507 e. The smallest absolute Gasteiger partial charge is 0.127 e. The van der Waals surface area contributed by atoms with Crippen LogP contribution in [0.1, 0.15) is 54.0 Å². The van der Waals surface area contributed by atoms with Crippen molar-refractivity contribution in [1.82, 2.24) is 0 Å². The van der Waals surface area contributed by atoms with Crippen LogP contribution in [-0.4, -0.2) is 11.2 Å². The van der Waals surface area contributed by atoms with Crippen molar-refractivity contribution >= 4 is 10.8 Å². The Morgan fingerprint density at radius 2 is 1.70 bits per heavy atom. The fourth-order valence-electron chi connectivity index (χ4n) is 1.79. The van der Waals surface area contributed by atoms with Crippen molar-refractivity contribution in [2.75, 3.05) is 0 Å². The molecule has 0 fully saturated rings. The zero-order chi connectivity index (χ0) is 21.2. The minimum atomic E-state index is -0.104. The number of hydrogen-bond donors (Lipinski definition) is 1. The van der Waals surface area contributed by atoms with Gasteiger partial charge < -0.3 is 9.84 Å². The standard InChI is InChI=1S/C17H16O2.C6H10.C2H6/c1-5-13-6-7-16-14(8-13)9-15(10-17(16)18)19-12(4)11(2)3;1-5-6(2,3)4;1-2/h1,6-10,12,18H,2H2,3-4H3;1H,2-4H3;1-2H3. The molecule has 0 saturated carbocycles. The van der Waals surface area contributed by atoms with Crippen LogP contribution in [0.25, 0.3) is 10.8 Å². The van der Waals surface area contributed by atoms with Crippen molar-refractivity contribution in [3.63, 3.8) is 0 Å². The van der Waals surface area contributed by atoms with Crippen LogP contribution >= 0.6 is 0 Å². The van der Waals surface area contributed by atoms with Gasteiger partial charge in [0.1, 0.15) is 17.6 Å². The summed E-state index contributed by atoms with van der Waals surface area (Å²) >= 11 is 0. The average Bonchev–Trinajstić information content (AvgIpc) is 2.62. The second kappa shape index (κ2) is 11.0. The van der Waals surface area contributed by atoms with E-state index in [2.05, 4.69) is 18.4 Å². The van der Waals surface area contributed by atoms with Crippen LogP contribution in [-0.2, 0) is 0 Å². The van der Waals surface area contributed by atoms with E-state index in [1.165, 1.54) is 0 Å². The van der Waals surface area contributed by atoms with Crippen LogP contribution < -0.4 is 4.74 Å². The van der Waals surface area contributed by atoms with Crippen LogP contribution in [0.2, 0.25) is 0 Å². The van der Waals surface area contributed by atoms with Crippen molar-refractivity contribution in [1.29, 1.82) is 0 Å². The number of phenols is 1. The van der Waals surface area contributed by atoms with Gasteiger partial charge in [0.15, 0.2) is 0 Å². The van der Waals surface area contributed by atoms with Gasteiger partial charge in [0.25, 0.3) is 0 Å². The summed E-state index contributed by atoms with van der Waals surface area (Å²) < 4.78 is 5.73. The van der Waals surface area contributed by atoms with Crippen LogP contribution in [0, 0.1) is 30.1 Å². The van der Waals surface area contributed by atoms with E-state index in [1.807, 2.05) is 66.7 Å². The van der Waals surface area contributed by atoms with Gasteiger partial charge in [0, 0.05) is 22.4 Å². The van der Waals surface area contributed by atoms with Gasteiger partial charge in [0.2, 0.25) is 0 Å². The van der Waals surface area contributed by atoms with Crippen molar-refractivity contribution in [2.45, 2.75) is 54.6 Å². The molecule has 0 spiro atoms. The van der Waals surface area contributed by atoms with Gasteiger partial charge in [-0.25, -0.2) is 0 Å². The van der Waals surface area contributed by atoms with E-state index < -0.39 is 0 Å². The Morgan fingerprint density at radius 3 is 2.15 bits per heavy atom. The van der Waals surface area contributed by atoms with E-state index in [4.69, 9.17) is 17.6 Å². The van der Waals surface area contributed by atoms with Crippen molar-refractivity contribution in [2.24, 2.45) is 5.41 Å². The molecule has 2 aromatic rings. The lowest BCUT2D eigenvalue weighted by molar-refractivity contribution is 0.257. The average molecular weight is 365 g/mol. The molecule has 144 valence electrons. The molecule has 0 heterocycles. The van der Waals surface area contributed by atoms with Crippen LogP contribution in [0.5, 0.6) is 11.5 Å². The maximum atomic E-state index is 10.0. The lowest BCUT2D eigenvalue weighted by atomic mass is 9.99.